The van der Waals surface area contributed by atoms with Crippen LogP contribution in [0.4, 0.5) is 22.8 Å². The van der Waals surface area contributed by atoms with E-state index in [1.807, 2.05) is 6.92 Å². The molecule has 0 unspecified atom stereocenters. The maximum atomic E-state index is 13.5. The summed E-state index contributed by atoms with van der Waals surface area (Å²) in [6.45, 7) is 5.31. The molecule has 0 bridgehead atoms. The topological polar surface area (TPSA) is 177 Å². The van der Waals surface area contributed by atoms with Gasteiger partial charge in [-0.15, -0.1) is 5.01 Å². The zero-order chi connectivity index (χ0) is 34.1. The molecule has 46 heavy (non-hydrogen) atoms. The highest BCUT2D eigenvalue weighted by Gasteiger charge is 2.35. The molecule has 0 aliphatic heterocycles. The maximum absolute atomic E-state index is 13.5. The minimum Gasteiger partial charge on any atom is -0.569 e. The Hall–Kier alpha value is -5.07. The Morgan fingerprint density at radius 3 is 2.35 bits per heavy atom. The van der Waals surface area contributed by atoms with Gasteiger partial charge in [0.05, 0.1) is 33.9 Å². The zero-order valence-corrected chi connectivity index (χ0v) is 25.9. The van der Waals surface area contributed by atoms with E-state index in [1.165, 1.54) is 12.1 Å². The van der Waals surface area contributed by atoms with Crippen LogP contribution in [0.5, 0.6) is 0 Å². The van der Waals surface area contributed by atoms with Crippen molar-refractivity contribution in [1.29, 1.82) is 0 Å². The third-order valence-electron chi connectivity index (χ3n) is 5.83. The zero-order valence-electron chi connectivity index (χ0n) is 25.1. The van der Waals surface area contributed by atoms with Crippen molar-refractivity contribution in [1.82, 2.24) is 19.5 Å². The number of amides is 1. The third kappa shape index (κ3) is 9.98. The van der Waals surface area contributed by atoms with Crippen molar-refractivity contribution in [3.63, 3.8) is 0 Å². The fraction of sp³-hybridized carbons (Fsp3) is 0.370. The second-order valence-corrected chi connectivity index (χ2v) is 11.3. The average Bonchev–Trinajstić information content (AvgIpc) is 3.44. The van der Waals surface area contributed by atoms with Crippen LogP contribution in [-0.4, -0.2) is 73.0 Å². The molecule has 0 atom stereocenters. The number of aromatic nitrogens is 2. The summed E-state index contributed by atoms with van der Waals surface area (Å²) in [7, 11) is -4.46. The van der Waals surface area contributed by atoms with Gasteiger partial charge in [0.1, 0.15) is 13.2 Å². The van der Waals surface area contributed by atoms with E-state index in [4.69, 9.17) is 9.47 Å². The molecule has 3 aromatic rings. The number of ether oxygens (including phenoxy) is 3. The lowest BCUT2D eigenvalue weighted by molar-refractivity contribution is -0.711. The highest BCUT2D eigenvalue weighted by atomic mass is 32.2. The van der Waals surface area contributed by atoms with Crippen LogP contribution >= 0.6 is 0 Å². The normalized spacial score (nSPS) is 12.0. The molecule has 15 nitrogen and oxygen atoms in total. The Balaban J connectivity index is 1.60. The first-order valence-corrected chi connectivity index (χ1v) is 15.0. The number of sulfonamides is 1. The Bertz CT molecular complexity index is 1630. The first kappa shape index (κ1) is 35.4. The summed E-state index contributed by atoms with van der Waals surface area (Å²) < 4.78 is 82.7. The van der Waals surface area contributed by atoms with Gasteiger partial charge in [0.2, 0.25) is 5.28 Å². The largest absolute Gasteiger partial charge is 0.569 e. The predicted octanol–water partition coefficient (Wildman–Crippen LogP) is 4.93. The highest BCUT2D eigenvalue weighted by molar-refractivity contribution is 7.90. The summed E-state index contributed by atoms with van der Waals surface area (Å²) in [6, 6.07) is 12.3. The molecule has 0 saturated heterocycles. The van der Waals surface area contributed by atoms with Gasteiger partial charge in [0, 0.05) is 5.56 Å². The number of halogens is 3. The molecule has 1 heterocycles. The number of carbonyl (C=O) groups is 2. The summed E-state index contributed by atoms with van der Waals surface area (Å²) in [6.07, 6.45) is -7.52. The summed E-state index contributed by atoms with van der Waals surface area (Å²) in [5.41, 5.74) is 0.476. The molecule has 1 N–H and O–H groups in total. The smallest absolute Gasteiger partial charge is 0.511 e. The number of benzene rings is 2. The summed E-state index contributed by atoms with van der Waals surface area (Å²) in [4.78, 5) is 27.6. The Kier molecular flexibility index (Phi) is 11.8. The number of carbonyl (C=O) groups excluding carboxylic acids is 2. The van der Waals surface area contributed by atoms with Gasteiger partial charge in [-0.25, -0.2) is 27.4 Å². The lowest BCUT2D eigenvalue weighted by Crippen LogP contribution is -2.36. The van der Waals surface area contributed by atoms with Crippen molar-refractivity contribution in [3.05, 3.63) is 71.1 Å². The fourth-order valence-corrected chi connectivity index (χ4v) is 4.54. The van der Waals surface area contributed by atoms with E-state index in [2.05, 4.69) is 20.0 Å². The van der Waals surface area contributed by atoms with Crippen LogP contribution in [0.15, 0.2) is 64.8 Å². The van der Waals surface area contributed by atoms with Crippen LogP contribution in [0.3, 0.4) is 0 Å². The van der Waals surface area contributed by atoms with Crippen molar-refractivity contribution in [2.45, 2.75) is 44.9 Å². The lowest BCUT2D eigenvalue weighted by atomic mass is 10.1. The van der Waals surface area contributed by atoms with Crippen molar-refractivity contribution in [2.24, 2.45) is 5.28 Å². The number of hydrogen-bond acceptors (Lipinski definition) is 11. The molecular weight excluding hydrogens is 641 g/mol. The minimum atomic E-state index is -4.72. The fourth-order valence-electron chi connectivity index (χ4n) is 3.64. The van der Waals surface area contributed by atoms with E-state index < -0.39 is 53.6 Å². The first-order chi connectivity index (χ1) is 21.6. The number of nitrogens with zero attached hydrogens (tertiary/aromatic N) is 5. The van der Waals surface area contributed by atoms with E-state index in [9.17, 15) is 36.4 Å². The van der Waals surface area contributed by atoms with Gasteiger partial charge in [-0.1, -0.05) is 29.8 Å². The van der Waals surface area contributed by atoms with Crippen LogP contribution in [0.25, 0.3) is 16.9 Å². The molecule has 0 fully saturated rings. The second-order valence-electron chi connectivity index (χ2n) is 9.61. The van der Waals surface area contributed by atoms with E-state index in [1.54, 1.807) is 49.8 Å². The number of hydrogen-bond donors (Lipinski definition) is 1. The minimum absolute atomic E-state index is 0.0121. The van der Waals surface area contributed by atoms with Crippen LogP contribution in [0, 0.1) is 12.1 Å². The quantitative estimate of drug-likeness (QED) is 0.0650. The van der Waals surface area contributed by atoms with E-state index in [-0.39, 0.29) is 34.3 Å². The molecule has 3 rings (SSSR count). The first-order valence-electron chi connectivity index (χ1n) is 13.5. The maximum Gasteiger partial charge on any atom is 0.511 e. The van der Waals surface area contributed by atoms with Gasteiger partial charge in [-0.3, -0.25) is 0 Å². The van der Waals surface area contributed by atoms with Crippen molar-refractivity contribution >= 4 is 22.3 Å². The van der Waals surface area contributed by atoms with Crippen molar-refractivity contribution < 1.29 is 55.2 Å². The predicted molar refractivity (Wildman–Crippen MR) is 152 cm³/mol. The van der Waals surface area contributed by atoms with E-state index in [0.717, 1.165) is 33.5 Å². The molecule has 0 radical (unpaired) electrons. The van der Waals surface area contributed by atoms with Gasteiger partial charge < -0.3 is 24.3 Å². The molecule has 0 spiro atoms. The van der Waals surface area contributed by atoms with Gasteiger partial charge in [-0.2, -0.15) is 18.3 Å². The molecule has 19 heteroatoms. The highest BCUT2D eigenvalue weighted by Crippen LogP contribution is 2.33. The number of alkyl halides is 3. The van der Waals surface area contributed by atoms with Crippen molar-refractivity contribution in [2.75, 3.05) is 26.5 Å². The second kappa shape index (κ2) is 15.3. The Morgan fingerprint density at radius 1 is 1.11 bits per heavy atom. The van der Waals surface area contributed by atoms with Crippen LogP contribution in [0.2, 0.25) is 0 Å². The summed E-state index contributed by atoms with van der Waals surface area (Å²) in [5.74, 6) is 0. The summed E-state index contributed by atoms with van der Waals surface area (Å²) >= 11 is 0. The van der Waals surface area contributed by atoms with Crippen LogP contribution in [0.1, 0.15) is 32.0 Å². The lowest BCUT2D eigenvalue weighted by Gasteiger charge is -2.16. The Labute approximate surface area is 261 Å². The average molecular weight is 673 g/mol. The molecule has 1 amide bonds. The number of aryl methyl sites for hydroxylation is 1. The Morgan fingerprint density at radius 2 is 1.76 bits per heavy atom. The SMILES string of the molecule is CCN(CCOC(=O)NS(=O)(=O)c1ccc(-n2nc(C(F)(F)F)cc2-c2ccc(C)cc2)cc1)/[N+]([O-])=N/OCOC(=O)OC(C)C. The standard InChI is InChI=1S/C27H31F3N6O9S/c1-5-34(36(39)33-44-17-43-26(38)45-18(2)3)14-15-42-25(37)32-46(40,41)22-12-10-21(11-13-22)35-23(16-24(31-35)27(28,29)30)20-8-6-19(4)7-9-20/h6-13,16,18H,5,14-15,17H2,1-4H3,(H,32,37)/b36-33-. The molecule has 250 valence electrons. The number of nitrogens with one attached hydrogen (secondary N) is 1. The van der Waals surface area contributed by atoms with Gasteiger partial charge in [0.15, 0.2) is 5.69 Å². The van der Waals surface area contributed by atoms with E-state index >= 15 is 0 Å². The molecular formula is C27H31F3N6O9S. The van der Waals surface area contributed by atoms with Gasteiger partial charge in [0.25, 0.3) is 16.8 Å². The number of likely N-dealkylation sites (N-methyl/N-ethyl adjacent to an activating group) is 1. The molecule has 0 aliphatic carbocycles. The van der Waals surface area contributed by atoms with Crippen LogP contribution < -0.4 is 4.72 Å². The van der Waals surface area contributed by atoms with E-state index in [0.29, 0.717) is 5.56 Å². The number of rotatable bonds is 13. The van der Waals surface area contributed by atoms with Crippen molar-refractivity contribution in [3.8, 4) is 16.9 Å². The van der Waals surface area contributed by atoms with Crippen LogP contribution in [-0.2, 0) is 35.2 Å². The van der Waals surface area contributed by atoms with Gasteiger partial charge >= 0.3 is 18.4 Å². The third-order valence-corrected chi connectivity index (χ3v) is 7.16. The monoisotopic (exact) mass is 672 g/mol. The molecule has 2 aromatic carbocycles. The number of hydrazine groups is 1. The van der Waals surface area contributed by atoms with Gasteiger partial charge in [-0.05, 0) is 58.0 Å². The molecule has 0 saturated carbocycles. The summed E-state index contributed by atoms with van der Waals surface area (Å²) in [5, 5.41) is 19.9. The molecule has 1 aromatic heterocycles. The molecule has 0 aliphatic rings.